The molecule has 2 aromatic heterocycles. The van der Waals surface area contributed by atoms with E-state index in [9.17, 15) is 9.59 Å². The summed E-state index contributed by atoms with van der Waals surface area (Å²) in [6, 6.07) is 14.5. The lowest BCUT2D eigenvalue weighted by molar-refractivity contribution is -0.132. The zero-order chi connectivity index (χ0) is 23.8. The molecule has 1 amide bonds. The number of carbonyl (C=O) groups excluding carboxylic acids is 1. The van der Waals surface area contributed by atoms with Gasteiger partial charge in [0, 0.05) is 54.7 Å². The Labute approximate surface area is 199 Å². The number of aromatic nitrogens is 3. The Morgan fingerprint density at radius 1 is 1.00 bits per heavy atom. The predicted molar refractivity (Wildman–Crippen MR) is 136 cm³/mol. The lowest BCUT2D eigenvalue weighted by Gasteiger charge is -2.37. The Morgan fingerprint density at radius 2 is 1.76 bits per heavy atom. The third-order valence-corrected chi connectivity index (χ3v) is 6.84. The fourth-order valence-electron chi connectivity index (χ4n) is 5.05. The largest absolute Gasteiger partial charge is 0.368 e. The van der Waals surface area contributed by atoms with Crippen molar-refractivity contribution in [2.75, 3.05) is 31.1 Å². The minimum atomic E-state index is -0.204. The van der Waals surface area contributed by atoms with E-state index in [0.717, 1.165) is 42.3 Å². The van der Waals surface area contributed by atoms with Crippen LogP contribution in [0.4, 0.5) is 5.69 Å². The molecule has 1 saturated heterocycles. The highest BCUT2D eigenvalue weighted by Gasteiger charge is 2.24. The lowest BCUT2D eigenvalue weighted by Crippen LogP contribution is -2.50. The molecule has 4 aromatic rings. The van der Waals surface area contributed by atoms with Crippen molar-refractivity contribution in [2.24, 2.45) is 0 Å². The van der Waals surface area contributed by atoms with E-state index in [0.29, 0.717) is 18.6 Å². The van der Waals surface area contributed by atoms with Crippen LogP contribution < -0.4 is 10.5 Å². The highest BCUT2D eigenvalue weighted by molar-refractivity contribution is 6.07. The highest BCUT2D eigenvalue weighted by Crippen LogP contribution is 2.26. The van der Waals surface area contributed by atoms with E-state index in [2.05, 4.69) is 53.5 Å². The molecule has 176 valence electrons. The molecule has 0 spiro atoms. The SMILES string of the molecule is CCCn1c2ccccc2c2cnn(CC(=O)N3CCN(c4cc(C)ccc4C)CC3)c(=O)c21. The maximum atomic E-state index is 13.4. The Bertz CT molecular complexity index is 1430. The van der Waals surface area contributed by atoms with Crippen LogP contribution in [0.2, 0.25) is 0 Å². The average Bonchev–Trinajstić information content (AvgIpc) is 3.17. The molecule has 34 heavy (non-hydrogen) atoms. The summed E-state index contributed by atoms with van der Waals surface area (Å²) < 4.78 is 3.39. The number of nitrogens with zero attached hydrogens (tertiary/aromatic N) is 5. The minimum absolute atomic E-state index is 0.0358. The van der Waals surface area contributed by atoms with Gasteiger partial charge in [0.05, 0.1) is 6.20 Å². The van der Waals surface area contributed by atoms with Gasteiger partial charge in [-0.25, -0.2) is 4.68 Å². The molecule has 1 aliphatic heterocycles. The molecule has 3 heterocycles. The van der Waals surface area contributed by atoms with Crippen molar-refractivity contribution in [3.05, 3.63) is 70.1 Å². The van der Waals surface area contributed by atoms with E-state index in [1.807, 2.05) is 29.2 Å². The summed E-state index contributed by atoms with van der Waals surface area (Å²) in [5.41, 5.74) is 5.18. The topological polar surface area (TPSA) is 63.4 Å². The molecule has 7 heteroatoms. The molecule has 0 atom stereocenters. The summed E-state index contributed by atoms with van der Waals surface area (Å²) in [7, 11) is 0. The monoisotopic (exact) mass is 457 g/mol. The second-order valence-electron chi connectivity index (χ2n) is 9.20. The smallest absolute Gasteiger partial charge is 0.291 e. The summed E-state index contributed by atoms with van der Waals surface area (Å²) in [6.45, 7) is 9.87. The molecule has 0 saturated carbocycles. The molecule has 0 aliphatic carbocycles. The zero-order valence-electron chi connectivity index (χ0n) is 20.1. The first kappa shape index (κ1) is 22.2. The Kier molecular flexibility index (Phi) is 5.86. The van der Waals surface area contributed by atoms with Gasteiger partial charge in [0.15, 0.2) is 0 Å². The number of para-hydroxylation sites is 1. The van der Waals surface area contributed by atoms with E-state index < -0.39 is 0 Å². The van der Waals surface area contributed by atoms with Gasteiger partial charge in [-0.05, 0) is 43.5 Å². The van der Waals surface area contributed by atoms with Crippen molar-refractivity contribution in [3.8, 4) is 0 Å². The van der Waals surface area contributed by atoms with Crippen LogP contribution in [0.1, 0.15) is 24.5 Å². The van der Waals surface area contributed by atoms with Gasteiger partial charge >= 0.3 is 0 Å². The summed E-state index contributed by atoms with van der Waals surface area (Å²) in [5.74, 6) is -0.0623. The van der Waals surface area contributed by atoms with E-state index in [-0.39, 0.29) is 18.0 Å². The van der Waals surface area contributed by atoms with Crippen LogP contribution in [0.15, 0.2) is 53.5 Å². The number of hydrogen-bond acceptors (Lipinski definition) is 4. The third kappa shape index (κ3) is 3.85. The number of hydrogen-bond donors (Lipinski definition) is 0. The van der Waals surface area contributed by atoms with Crippen LogP contribution in [-0.4, -0.2) is 51.3 Å². The molecule has 2 aromatic carbocycles. The first-order chi connectivity index (χ1) is 16.5. The number of piperazine rings is 1. The standard InChI is InChI=1S/C27H31N5O2/c1-4-11-31-23-8-6-5-7-21(23)22-17-28-32(27(34)26(22)31)18-25(33)30-14-12-29(13-15-30)24-16-19(2)9-10-20(24)3/h5-10,16-17H,4,11-15,18H2,1-3H3. The predicted octanol–water partition coefficient (Wildman–Crippen LogP) is 3.73. The summed E-state index contributed by atoms with van der Waals surface area (Å²) >= 11 is 0. The van der Waals surface area contributed by atoms with Gasteiger partial charge in [0.25, 0.3) is 5.56 Å². The maximum Gasteiger partial charge on any atom is 0.291 e. The van der Waals surface area contributed by atoms with Crippen LogP contribution in [0, 0.1) is 13.8 Å². The molecular weight excluding hydrogens is 426 g/mol. The number of benzene rings is 2. The van der Waals surface area contributed by atoms with Crippen LogP contribution in [-0.2, 0) is 17.9 Å². The van der Waals surface area contributed by atoms with E-state index in [4.69, 9.17) is 0 Å². The summed E-state index contributed by atoms with van der Waals surface area (Å²) in [6.07, 6.45) is 2.65. The zero-order valence-corrected chi connectivity index (χ0v) is 20.1. The van der Waals surface area contributed by atoms with Gasteiger partial charge in [0.2, 0.25) is 5.91 Å². The fraction of sp³-hybridized carbons (Fsp3) is 0.370. The van der Waals surface area contributed by atoms with E-state index in [1.165, 1.54) is 21.5 Å². The van der Waals surface area contributed by atoms with Gasteiger partial charge in [0.1, 0.15) is 12.1 Å². The third-order valence-electron chi connectivity index (χ3n) is 6.84. The van der Waals surface area contributed by atoms with Gasteiger partial charge in [-0.15, -0.1) is 0 Å². The molecule has 0 unspecified atom stereocenters. The molecule has 0 bridgehead atoms. The number of rotatable bonds is 5. The van der Waals surface area contributed by atoms with Crippen molar-refractivity contribution in [1.29, 1.82) is 0 Å². The second-order valence-corrected chi connectivity index (χ2v) is 9.20. The van der Waals surface area contributed by atoms with Crippen LogP contribution in [0.25, 0.3) is 21.8 Å². The molecule has 1 fully saturated rings. The normalized spacial score (nSPS) is 14.3. The lowest BCUT2D eigenvalue weighted by atomic mass is 10.1. The Morgan fingerprint density at radius 3 is 2.53 bits per heavy atom. The Hall–Kier alpha value is -3.61. The van der Waals surface area contributed by atoms with E-state index in [1.54, 1.807) is 6.20 Å². The highest BCUT2D eigenvalue weighted by atomic mass is 16.2. The number of aryl methyl sites for hydroxylation is 3. The van der Waals surface area contributed by atoms with Gasteiger partial charge in [-0.3, -0.25) is 9.59 Å². The van der Waals surface area contributed by atoms with Crippen molar-refractivity contribution >= 4 is 33.4 Å². The fourth-order valence-corrected chi connectivity index (χ4v) is 5.05. The number of carbonyl (C=O) groups is 1. The van der Waals surface area contributed by atoms with Crippen molar-refractivity contribution in [3.63, 3.8) is 0 Å². The molecular formula is C27H31N5O2. The number of amides is 1. The Balaban J connectivity index is 1.36. The van der Waals surface area contributed by atoms with Crippen LogP contribution in [0.3, 0.4) is 0 Å². The molecule has 7 nitrogen and oxygen atoms in total. The van der Waals surface area contributed by atoms with Gasteiger partial charge in [-0.2, -0.15) is 5.10 Å². The molecule has 1 aliphatic rings. The van der Waals surface area contributed by atoms with Crippen LogP contribution >= 0.6 is 0 Å². The summed E-state index contributed by atoms with van der Waals surface area (Å²) in [4.78, 5) is 30.7. The first-order valence-corrected chi connectivity index (χ1v) is 12.0. The van der Waals surface area contributed by atoms with E-state index >= 15 is 0 Å². The molecule has 0 N–H and O–H groups in total. The second kappa shape index (κ2) is 8.97. The summed E-state index contributed by atoms with van der Waals surface area (Å²) in [5, 5.41) is 6.25. The first-order valence-electron chi connectivity index (χ1n) is 12.0. The molecule has 0 radical (unpaired) electrons. The number of anilines is 1. The average molecular weight is 458 g/mol. The van der Waals surface area contributed by atoms with Gasteiger partial charge in [-0.1, -0.05) is 37.3 Å². The number of fused-ring (bicyclic) bond motifs is 3. The van der Waals surface area contributed by atoms with Crippen molar-refractivity contribution < 1.29 is 4.79 Å². The quantitative estimate of drug-likeness (QED) is 0.458. The van der Waals surface area contributed by atoms with Crippen molar-refractivity contribution in [2.45, 2.75) is 40.3 Å². The maximum absolute atomic E-state index is 13.4. The van der Waals surface area contributed by atoms with Gasteiger partial charge < -0.3 is 14.4 Å². The van der Waals surface area contributed by atoms with Crippen LogP contribution in [0.5, 0.6) is 0 Å². The van der Waals surface area contributed by atoms with Crippen molar-refractivity contribution in [1.82, 2.24) is 19.2 Å². The minimum Gasteiger partial charge on any atom is -0.368 e. The molecule has 5 rings (SSSR count).